The predicted octanol–water partition coefficient (Wildman–Crippen LogP) is 3.53. The fourth-order valence-corrected chi connectivity index (χ4v) is 2.53. The van der Waals surface area contributed by atoms with Crippen molar-refractivity contribution in [2.75, 3.05) is 19.8 Å². The highest BCUT2D eigenvalue weighted by Gasteiger charge is 2.41. The van der Waals surface area contributed by atoms with Crippen LogP contribution >= 0.6 is 0 Å². The Morgan fingerprint density at radius 1 is 1.19 bits per heavy atom. The first-order chi connectivity index (χ1) is 10.0. The molecule has 1 aromatic rings. The molecule has 0 aromatic heterocycles. The van der Waals surface area contributed by atoms with Gasteiger partial charge in [0.2, 0.25) is 0 Å². The van der Waals surface area contributed by atoms with Crippen LogP contribution in [0.25, 0.3) is 0 Å². The molecule has 0 heterocycles. The molecule has 0 aliphatic heterocycles. The molecule has 1 atom stereocenters. The number of ether oxygens (including phenoxy) is 1. The van der Waals surface area contributed by atoms with Gasteiger partial charge in [-0.3, -0.25) is 0 Å². The molecular weight excluding hydrogens is 262 g/mol. The molecule has 118 valence electrons. The molecule has 2 rings (SSSR count). The van der Waals surface area contributed by atoms with E-state index in [1.54, 1.807) is 0 Å². The molecule has 2 N–H and O–H groups in total. The molecule has 0 saturated heterocycles. The lowest BCUT2D eigenvalue weighted by atomic mass is 10.0. The zero-order valence-corrected chi connectivity index (χ0v) is 13.6. The minimum Gasteiger partial charge on any atom is -0.493 e. The molecule has 1 unspecified atom stereocenters. The van der Waals surface area contributed by atoms with E-state index in [-0.39, 0.29) is 0 Å². The second-order valence-electron chi connectivity index (χ2n) is 6.85. The molecule has 0 radical (unpaired) electrons. The summed E-state index contributed by atoms with van der Waals surface area (Å²) in [5.41, 5.74) is 1.65. The first kappa shape index (κ1) is 16.3. The number of aliphatic hydroxyl groups is 1. The van der Waals surface area contributed by atoms with E-state index in [0.717, 1.165) is 25.3 Å². The fourth-order valence-electron chi connectivity index (χ4n) is 2.53. The van der Waals surface area contributed by atoms with Crippen molar-refractivity contribution in [3.63, 3.8) is 0 Å². The van der Waals surface area contributed by atoms with Crippen LogP contribution in [0.4, 0.5) is 0 Å². The standard InChI is InChI=1S/C18H29NO2/c1-14(2)12-21-17-6-4-16(5-7-17)15(3)19-13-18(8-9-18)10-11-20/h4-7,14-15,19-20H,8-13H2,1-3H3. The monoisotopic (exact) mass is 291 g/mol. The normalized spacial score (nSPS) is 17.8. The van der Waals surface area contributed by atoms with Gasteiger partial charge in [0, 0.05) is 19.2 Å². The van der Waals surface area contributed by atoms with Crippen LogP contribution in [0.15, 0.2) is 24.3 Å². The Kier molecular flexibility index (Phi) is 5.65. The molecule has 3 nitrogen and oxygen atoms in total. The summed E-state index contributed by atoms with van der Waals surface area (Å²) in [6.45, 7) is 8.56. The van der Waals surface area contributed by atoms with Crippen molar-refractivity contribution >= 4 is 0 Å². The summed E-state index contributed by atoms with van der Waals surface area (Å²) in [6.07, 6.45) is 3.42. The lowest BCUT2D eigenvalue weighted by Gasteiger charge is -2.20. The predicted molar refractivity (Wildman–Crippen MR) is 86.6 cm³/mol. The molecule has 0 amide bonds. The van der Waals surface area contributed by atoms with Crippen molar-refractivity contribution in [1.82, 2.24) is 5.32 Å². The summed E-state index contributed by atoms with van der Waals surface area (Å²) in [6, 6.07) is 8.71. The quantitative estimate of drug-likeness (QED) is 0.731. The fraction of sp³-hybridized carbons (Fsp3) is 0.667. The van der Waals surface area contributed by atoms with Gasteiger partial charge in [0.15, 0.2) is 0 Å². The van der Waals surface area contributed by atoms with E-state index in [1.807, 2.05) is 0 Å². The van der Waals surface area contributed by atoms with Gasteiger partial charge in [-0.1, -0.05) is 26.0 Å². The van der Waals surface area contributed by atoms with Crippen molar-refractivity contribution in [2.45, 2.75) is 46.1 Å². The zero-order valence-electron chi connectivity index (χ0n) is 13.6. The molecule has 0 spiro atoms. The van der Waals surface area contributed by atoms with E-state index in [2.05, 4.69) is 50.4 Å². The topological polar surface area (TPSA) is 41.5 Å². The molecular formula is C18H29NO2. The number of hydrogen-bond acceptors (Lipinski definition) is 3. The van der Waals surface area contributed by atoms with Crippen LogP contribution < -0.4 is 10.1 Å². The summed E-state index contributed by atoms with van der Waals surface area (Å²) in [5.74, 6) is 1.49. The van der Waals surface area contributed by atoms with Gasteiger partial charge in [-0.25, -0.2) is 0 Å². The highest BCUT2D eigenvalue weighted by Crippen LogP contribution is 2.48. The van der Waals surface area contributed by atoms with Crippen LogP contribution in [0.5, 0.6) is 5.75 Å². The van der Waals surface area contributed by atoms with E-state index in [1.165, 1.54) is 18.4 Å². The Morgan fingerprint density at radius 2 is 1.86 bits per heavy atom. The van der Waals surface area contributed by atoms with Crippen molar-refractivity contribution in [3.05, 3.63) is 29.8 Å². The Hall–Kier alpha value is -1.06. The summed E-state index contributed by atoms with van der Waals surface area (Å²) >= 11 is 0. The van der Waals surface area contributed by atoms with Crippen LogP contribution in [-0.4, -0.2) is 24.9 Å². The van der Waals surface area contributed by atoms with Gasteiger partial charge in [0.1, 0.15) is 5.75 Å². The van der Waals surface area contributed by atoms with Crippen molar-refractivity contribution in [1.29, 1.82) is 0 Å². The SMILES string of the molecule is CC(C)COc1ccc(C(C)NCC2(CCO)CC2)cc1. The first-order valence-corrected chi connectivity index (χ1v) is 8.12. The largest absolute Gasteiger partial charge is 0.493 e. The summed E-state index contributed by atoms with van der Waals surface area (Å²) in [7, 11) is 0. The summed E-state index contributed by atoms with van der Waals surface area (Å²) in [5, 5.41) is 12.7. The van der Waals surface area contributed by atoms with E-state index in [4.69, 9.17) is 9.84 Å². The molecule has 21 heavy (non-hydrogen) atoms. The smallest absolute Gasteiger partial charge is 0.119 e. The lowest BCUT2D eigenvalue weighted by molar-refractivity contribution is 0.243. The van der Waals surface area contributed by atoms with Crippen LogP contribution in [0, 0.1) is 11.3 Å². The second kappa shape index (κ2) is 7.28. The first-order valence-electron chi connectivity index (χ1n) is 8.12. The van der Waals surface area contributed by atoms with E-state index < -0.39 is 0 Å². The average Bonchev–Trinajstić information content (AvgIpc) is 3.24. The van der Waals surface area contributed by atoms with Crippen LogP contribution in [-0.2, 0) is 0 Å². The van der Waals surface area contributed by atoms with Crippen LogP contribution in [0.2, 0.25) is 0 Å². The number of benzene rings is 1. The van der Waals surface area contributed by atoms with E-state index in [0.29, 0.717) is 24.0 Å². The lowest BCUT2D eigenvalue weighted by Crippen LogP contribution is -2.27. The Balaban J connectivity index is 1.81. The van der Waals surface area contributed by atoms with Crippen LogP contribution in [0.1, 0.15) is 51.6 Å². The molecule has 1 aliphatic carbocycles. The number of nitrogens with one attached hydrogen (secondary N) is 1. The van der Waals surface area contributed by atoms with Gasteiger partial charge in [-0.2, -0.15) is 0 Å². The molecule has 1 saturated carbocycles. The third kappa shape index (κ3) is 5.01. The highest BCUT2D eigenvalue weighted by atomic mass is 16.5. The maximum atomic E-state index is 9.10. The van der Waals surface area contributed by atoms with Gasteiger partial charge in [-0.05, 0) is 55.2 Å². The van der Waals surface area contributed by atoms with Crippen molar-refractivity contribution in [3.8, 4) is 5.75 Å². The Morgan fingerprint density at radius 3 is 2.38 bits per heavy atom. The third-order valence-corrected chi connectivity index (χ3v) is 4.35. The molecule has 3 heteroatoms. The highest BCUT2D eigenvalue weighted by molar-refractivity contribution is 5.29. The molecule has 1 fully saturated rings. The van der Waals surface area contributed by atoms with E-state index in [9.17, 15) is 0 Å². The minimum absolute atomic E-state index is 0.304. The van der Waals surface area contributed by atoms with Gasteiger partial charge >= 0.3 is 0 Å². The maximum Gasteiger partial charge on any atom is 0.119 e. The second-order valence-corrected chi connectivity index (χ2v) is 6.85. The summed E-state index contributed by atoms with van der Waals surface area (Å²) < 4.78 is 5.71. The van der Waals surface area contributed by atoms with Gasteiger partial charge in [-0.15, -0.1) is 0 Å². The third-order valence-electron chi connectivity index (χ3n) is 4.35. The van der Waals surface area contributed by atoms with Crippen LogP contribution in [0.3, 0.4) is 0 Å². The average molecular weight is 291 g/mol. The minimum atomic E-state index is 0.304. The number of aliphatic hydroxyl groups excluding tert-OH is 1. The van der Waals surface area contributed by atoms with E-state index >= 15 is 0 Å². The number of hydrogen-bond donors (Lipinski definition) is 2. The zero-order chi connectivity index (χ0) is 15.3. The Bertz CT molecular complexity index is 423. The molecule has 1 aliphatic rings. The Labute approximate surface area is 128 Å². The van der Waals surface area contributed by atoms with Crippen molar-refractivity contribution in [2.24, 2.45) is 11.3 Å². The molecule has 1 aromatic carbocycles. The maximum absolute atomic E-state index is 9.10. The van der Waals surface area contributed by atoms with Crippen molar-refractivity contribution < 1.29 is 9.84 Å². The molecule has 0 bridgehead atoms. The van der Waals surface area contributed by atoms with Gasteiger partial charge in [0.25, 0.3) is 0 Å². The summed E-state index contributed by atoms with van der Waals surface area (Å²) in [4.78, 5) is 0. The van der Waals surface area contributed by atoms with Gasteiger partial charge < -0.3 is 15.2 Å². The number of rotatable bonds is 9. The van der Waals surface area contributed by atoms with Gasteiger partial charge in [0.05, 0.1) is 6.61 Å².